The topological polar surface area (TPSA) is 65.5 Å². The molecule has 1 aromatic rings. The van der Waals surface area contributed by atoms with E-state index < -0.39 is 5.97 Å². The van der Waals surface area contributed by atoms with Crippen molar-refractivity contribution in [2.45, 2.75) is 26.2 Å². The lowest BCUT2D eigenvalue weighted by molar-refractivity contribution is 0.0690. The predicted molar refractivity (Wildman–Crippen MR) is 79.1 cm³/mol. The fraction of sp³-hybridized carbons (Fsp3) is 0.600. The number of anilines is 1. The summed E-state index contributed by atoms with van der Waals surface area (Å²) in [6.07, 6.45) is 3.62. The summed E-state index contributed by atoms with van der Waals surface area (Å²) < 4.78 is 0. The fourth-order valence-corrected chi connectivity index (χ4v) is 2.63. The molecule has 0 aliphatic carbocycles. The van der Waals surface area contributed by atoms with E-state index in [1.165, 1.54) is 45.0 Å². The van der Waals surface area contributed by atoms with Crippen LogP contribution in [0.15, 0.2) is 18.2 Å². The molecule has 20 heavy (non-hydrogen) atoms. The third kappa shape index (κ3) is 4.20. The van der Waals surface area contributed by atoms with Gasteiger partial charge in [0.25, 0.3) is 0 Å². The van der Waals surface area contributed by atoms with Crippen molar-refractivity contribution in [3.8, 4) is 0 Å². The molecule has 2 rings (SSSR count). The smallest absolute Gasteiger partial charge is 0.354 e. The summed E-state index contributed by atoms with van der Waals surface area (Å²) in [4.78, 5) is 17.5. The normalized spacial score (nSPS) is 17.1. The molecule has 2 N–H and O–H groups in total. The number of nitrogens with zero attached hydrogens (tertiary/aromatic N) is 2. The molecule has 110 valence electrons. The fourth-order valence-electron chi connectivity index (χ4n) is 2.63. The number of carbonyl (C=O) groups is 1. The van der Waals surface area contributed by atoms with Crippen LogP contribution in [0, 0.1) is 5.92 Å². The molecule has 0 radical (unpaired) electrons. The molecule has 1 aromatic heterocycles. The summed E-state index contributed by atoms with van der Waals surface area (Å²) in [7, 11) is 0. The zero-order chi connectivity index (χ0) is 14.4. The molecule has 1 saturated heterocycles. The molecule has 2 heterocycles. The lowest BCUT2D eigenvalue weighted by atomic mass is 9.96. The van der Waals surface area contributed by atoms with Gasteiger partial charge in [-0.15, -0.1) is 0 Å². The summed E-state index contributed by atoms with van der Waals surface area (Å²) in [5.74, 6) is 0.320. The maximum atomic E-state index is 10.9. The molecule has 0 unspecified atom stereocenters. The van der Waals surface area contributed by atoms with E-state index in [0.29, 0.717) is 11.7 Å². The number of aromatic nitrogens is 1. The van der Waals surface area contributed by atoms with Crippen LogP contribution in [0.25, 0.3) is 0 Å². The van der Waals surface area contributed by atoms with Crippen molar-refractivity contribution in [2.24, 2.45) is 5.92 Å². The number of carboxylic acid groups (broad SMARTS) is 1. The zero-order valence-corrected chi connectivity index (χ0v) is 12.0. The molecule has 1 aliphatic rings. The van der Waals surface area contributed by atoms with Gasteiger partial charge in [-0.25, -0.2) is 9.78 Å². The Hall–Kier alpha value is -1.62. The van der Waals surface area contributed by atoms with E-state index in [-0.39, 0.29) is 5.69 Å². The van der Waals surface area contributed by atoms with Crippen molar-refractivity contribution in [1.29, 1.82) is 0 Å². The van der Waals surface area contributed by atoms with Crippen molar-refractivity contribution in [1.82, 2.24) is 9.88 Å². The average molecular weight is 277 g/mol. The Morgan fingerprint density at radius 1 is 1.45 bits per heavy atom. The molecular weight excluding hydrogens is 254 g/mol. The van der Waals surface area contributed by atoms with Gasteiger partial charge in [-0.2, -0.15) is 0 Å². The van der Waals surface area contributed by atoms with Gasteiger partial charge in [-0.05, 0) is 56.9 Å². The number of likely N-dealkylation sites (tertiary alicyclic amines) is 1. The standard InChI is InChI=1S/C15H23N3O2/c1-2-8-18-9-6-12(7-10-18)11-16-14-5-3-4-13(17-14)15(19)20/h3-5,12H,2,6-11H2,1H3,(H,16,17)(H,19,20). The number of pyridine rings is 1. The van der Waals surface area contributed by atoms with Gasteiger partial charge >= 0.3 is 5.97 Å². The lowest BCUT2D eigenvalue weighted by Gasteiger charge is -2.31. The Bertz CT molecular complexity index is 442. The number of hydrogen-bond acceptors (Lipinski definition) is 4. The summed E-state index contributed by atoms with van der Waals surface area (Å²) in [6.45, 7) is 6.62. The van der Waals surface area contributed by atoms with E-state index in [4.69, 9.17) is 5.11 Å². The van der Waals surface area contributed by atoms with Crippen LogP contribution in [-0.2, 0) is 0 Å². The van der Waals surface area contributed by atoms with E-state index in [2.05, 4.69) is 22.1 Å². The van der Waals surface area contributed by atoms with Crippen LogP contribution in [0.5, 0.6) is 0 Å². The van der Waals surface area contributed by atoms with E-state index in [1.807, 2.05) is 6.07 Å². The Balaban J connectivity index is 1.78. The maximum absolute atomic E-state index is 10.9. The Labute approximate surface area is 120 Å². The third-order valence-electron chi connectivity index (χ3n) is 3.79. The van der Waals surface area contributed by atoms with Gasteiger partial charge < -0.3 is 15.3 Å². The van der Waals surface area contributed by atoms with Crippen molar-refractivity contribution in [3.05, 3.63) is 23.9 Å². The van der Waals surface area contributed by atoms with Crippen molar-refractivity contribution < 1.29 is 9.90 Å². The summed E-state index contributed by atoms with van der Waals surface area (Å²) >= 11 is 0. The highest BCUT2D eigenvalue weighted by molar-refractivity contribution is 5.85. The van der Waals surface area contributed by atoms with Gasteiger partial charge in [0.1, 0.15) is 5.82 Å². The van der Waals surface area contributed by atoms with Crippen LogP contribution in [0.2, 0.25) is 0 Å². The Morgan fingerprint density at radius 2 is 2.20 bits per heavy atom. The number of aromatic carboxylic acids is 1. The molecule has 0 amide bonds. The summed E-state index contributed by atoms with van der Waals surface area (Å²) in [5.41, 5.74) is 0.0905. The maximum Gasteiger partial charge on any atom is 0.354 e. The average Bonchev–Trinajstić information content (AvgIpc) is 2.47. The third-order valence-corrected chi connectivity index (χ3v) is 3.79. The summed E-state index contributed by atoms with van der Waals surface area (Å²) in [6, 6.07) is 5.05. The molecule has 0 spiro atoms. The minimum absolute atomic E-state index is 0.0905. The second-order valence-corrected chi connectivity index (χ2v) is 5.38. The second kappa shape index (κ2) is 7.24. The first kappa shape index (κ1) is 14.8. The first-order valence-electron chi connectivity index (χ1n) is 7.35. The molecule has 0 aromatic carbocycles. The van der Waals surface area contributed by atoms with Crippen LogP contribution >= 0.6 is 0 Å². The lowest BCUT2D eigenvalue weighted by Crippen LogP contribution is -2.36. The quantitative estimate of drug-likeness (QED) is 0.835. The van der Waals surface area contributed by atoms with Crippen LogP contribution in [0.3, 0.4) is 0 Å². The van der Waals surface area contributed by atoms with E-state index in [0.717, 1.165) is 6.54 Å². The molecule has 1 fully saturated rings. The van der Waals surface area contributed by atoms with Crippen LogP contribution < -0.4 is 5.32 Å². The Kier molecular flexibility index (Phi) is 5.35. The molecule has 5 heteroatoms. The monoisotopic (exact) mass is 277 g/mol. The number of hydrogen-bond donors (Lipinski definition) is 2. The van der Waals surface area contributed by atoms with Crippen molar-refractivity contribution >= 4 is 11.8 Å². The molecule has 0 bridgehead atoms. The number of nitrogens with one attached hydrogen (secondary N) is 1. The van der Waals surface area contributed by atoms with Crippen LogP contribution in [-0.4, -0.2) is 47.1 Å². The van der Waals surface area contributed by atoms with E-state index in [1.54, 1.807) is 6.07 Å². The van der Waals surface area contributed by atoms with Crippen LogP contribution in [0.4, 0.5) is 5.82 Å². The second-order valence-electron chi connectivity index (χ2n) is 5.38. The minimum Gasteiger partial charge on any atom is -0.477 e. The number of rotatable bonds is 6. The van der Waals surface area contributed by atoms with Gasteiger partial charge in [0.05, 0.1) is 0 Å². The summed E-state index contributed by atoms with van der Waals surface area (Å²) in [5, 5.41) is 12.2. The first-order valence-corrected chi connectivity index (χ1v) is 7.35. The SMILES string of the molecule is CCCN1CCC(CNc2cccc(C(=O)O)n2)CC1. The van der Waals surface area contributed by atoms with E-state index in [9.17, 15) is 4.79 Å². The highest BCUT2D eigenvalue weighted by atomic mass is 16.4. The largest absolute Gasteiger partial charge is 0.477 e. The van der Waals surface area contributed by atoms with Crippen molar-refractivity contribution in [3.63, 3.8) is 0 Å². The molecule has 0 saturated carbocycles. The van der Waals surface area contributed by atoms with E-state index >= 15 is 0 Å². The van der Waals surface area contributed by atoms with Gasteiger partial charge in [0.2, 0.25) is 0 Å². The van der Waals surface area contributed by atoms with Gasteiger partial charge in [-0.1, -0.05) is 13.0 Å². The van der Waals surface area contributed by atoms with Gasteiger partial charge in [-0.3, -0.25) is 0 Å². The predicted octanol–water partition coefficient (Wildman–Crippen LogP) is 2.31. The minimum atomic E-state index is -0.985. The highest BCUT2D eigenvalue weighted by Crippen LogP contribution is 2.18. The van der Waals surface area contributed by atoms with Gasteiger partial charge in [0.15, 0.2) is 5.69 Å². The number of piperidine rings is 1. The molecular formula is C15H23N3O2. The molecule has 0 atom stereocenters. The van der Waals surface area contributed by atoms with Crippen molar-refractivity contribution in [2.75, 3.05) is 31.5 Å². The van der Waals surface area contributed by atoms with Crippen LogP contribution in [0.1, 0.15) is 36.7 Å². The molecule has 5 nitrogen and oxygen atoms in total. The first-order chi connectivity index (χ1) is 9.69. The van der Waals surface area contributed by atoms with Gasteiger partial charge in [0, 0.05) is 6.54 Å². The number of carboxylic acids is 1. The highest BCUT2D eigenvalue weighted by Gasteiger charge is 2.18. The molecule has 1 aliphatic heterocycles. The Morgan fingerprint density at radius 3 is 2.85 bits per heavy atom. The zero-order valence-electron chi connectivity index (χ0n) is 12.0.